The van der Waals surface area contributed by atoms with E-state index >= 15 is 0 Å². The Balaban J connectivity index is 2.19. The minimum absolute atomic E-state index is 0.420. The molecule has 1 saturated heterocycles. The summed E-state index contributed by atoms with van der Waals surface area (Å²) in [4.78, 5) is 6.99. The maximum atomic E-state index is 8.88. The maximum absolute atomic E-state index is 8.88. The second-order valence-corrected chi connectivity index (χ2v) is 3.71. The highest BCUT2D eigenvalue weighted by Crippen LogP contribution is 2.25. The summed E-state index contributed by atoms with van der Waals surface area (Å²) >= 11 is 0. The largest absolute Gasteiger partial charge is 0.398 e. The summed E-state index contributed by atoms with van der Waals surface area (Å²) in [6, 6.07) is 2.07. The first-order chi connectivity index (χ1) is 6.83. The molecule has 0 aromatic heterocycles. The van der Waals surface area contributed by atoms with E-state index in [1.807, 2.05) is 0 Å². The van der Waals surface area contributed by atoms with E-state index in [1.54, 1.807) is 0 Å². The highest BCUT2D eigenvalue weighted by Gasteiger charge is 2.28. The van der Waals surface area contributed by atoms with Gasteiger partial charge in [0.1, 0.15) is 13.2 Å². The molecule has 2 heterocycles. The van der Waals surface area contributed by atoms with Gasteiger partial charge in [-0.1, -0.05) is 11.2 Å². The summed E-state index contributed by atoms with van der Waals surface area (Å²) in [6.07, 6.45) is 3.37. The Kier molecular flexibility index (Phi) is 2.51. The molecule has 14 heavy (non-hydrogen) atoms. The second-order valence-electron chi connectivity index (χ2n) is 3.71. The van der Waals surface area contributed by atoms with Gasteiger partial charge in [-0.25, -0.2) is 0 Å². The summed E-state index contributed by atoms with van der Waals surface area (Å²) in [6.45, 7) is 3.11. The van der Waals surface area contributed by atoms with Gasteiger partial charge in [0.2, 0.25) is 0 Å². The number of hydrogen-bond donors (Lipinski definition) is 0. The van der Waals surface area contributed by atoms with Gasteiger partial charge in [0, 0.05) is 18.7 Å². The highest BCUT2D eigenvalue weighted by atomic mass is 16.6. The third-order valence-corrected chi connectivity index (χ3v) is 2.73. The zero-order valence-corrected chi connectivity index (χ0v) is 8.23. The number of rotatable bonds is 2. The van der Waals surface area contributed by atoms with Crippen molar-refractivity contribution in [2.75, 3.05) is 26.7 Å². The fourth-order valence-electron chi connectivity index (χ4n) is 2.12. The van der Waals surface area contributed by atoms with Crippen LogP contribution in [-0.4, -0.2) is 37.4 Å². The molecule has 0 saturated carbocycles. The fraction of sp³-hybridized carbons (Fsp3) is 0.600. The summed E-state index contributed by atoms with van der Waals surface area (Å²) in [5.74, 6) is 0.606. The van der Waals surface area contributed by atoms with E-state index in [4.69, 9.17) is 5.26 Å². The lowest BCUT2D eigenvalue weighted by Crippen LogP contribution is -2.29. The fourth-order valence-corrected chi connectivity index (χ4v) is 2.12. The molecule has 0 aliphatic carbocycles. The Labute approximate surface area is 83.4 Å². The minimum Gasteiger partial charge on any atom is -0.398 e. The average molecular weight is 191 g/mol. The Hall–Kier alpha value is -1.34. The number of nitrogens with zero attached hydrogens (tertiary/aromatic N) is 3. The normalized spacial score (nSPS) is 30.9. The van der Waals surface area contributed by atoms with Crippen molar-refractivity contribution >= 4 is 5.71 Å². The number of oxime groups is 1. The molecule has 2 unspecified atom stereocenters. The Morgan fingerprint density at radius 3 is 3.29 bits per heavy atom. The van der Waals surface area contributed by atoms with Crippen LogP contribution in [0.25, 0.3) is 0 Å². The molecule has 1 fully saturated rings. The second kappa shape index (κ2) is 3.81. The van der Waals surface area contributed by atoms with Crippen LogP contribution >= 0.6 is 0 Å². The zero-order valence-electron chi connectivity index (χ0n) is 8.23. The van der Waals surface area contributed by atoms with Gasteiger partial charge in [0.15, 0.2) is 5.71 Å². The van der Waals surface area contributed by atoms with Crippen LogP contribution < -0.4 is 0 Å². The van der Waals surface area contributed by atoms with Gasteiger partial charge in [-0.05, 0) is 18.9 Å². The summed E-state index contributed by atoms with van der Waals surface area (Å²) < 4.78 is 0. The Morgan fingerprint density at radius 1 is 1.79 bits per heavy atom. The van der Waals surface area contributed by atoms with Crippen LogP contribution in [0.2, 0.25) is 0 Å². The van der Waals surface area contributed by atoms with Crippen LogP contribution in [0.4, 0.5) is 0 Å². The first-order valence-corrected chi connectivity index (χ1v) is 4.78. The molecule has 0 aromatic rings. The maximum Gasteiger partial charge on any atom is 0.183 e. The molecular weight excluding hydrogens is 178 g/mol. The predicted molar refractivity (Wildman–Crippen MR) is 52.7 cm³/mol. The molecule has 2 bridgehead atoms. The van der Waals surface area contributed by atoms with Crippen LogP contribution in [0.5, 0.6) is 0 Å². The zero-order chi connectivity index (χ0) is 9.97. The van der Waals surface area contributed by atoms with Gasteiger partial charge in [0.25, 0.3) is 0 Å². The predicted octanol–water partition coefficient (Wildman–Crippen LogP) is 0.774. The van der Waals surface area contributed by atoms with Crippen LogP contribution in [-0.2, 0) is 4.84 Å². The SMILES string of the molecule is CO/N=C(\C#N)C1=CC2CCN(C1)C2. The standard InChI is InChI=1S/C10H13N3O/c1-14-12-10(5-11)9-4-8-2-3-13(6-8)7-9/h4,8H,2-3,6-7H2,1H3/b12-10+. The number of fused-ring (bicyclic) bond motifs is 2. The van der Waals surface area contributed by atoms with Crippen molar-refractivity contribution in [1.29, 1.82) is 5.26 Å². The van der Waals surface area contributed by atoms with Crippen molar-refractivity contribution in [3.63, 3.8) is 0 Å². The molecule has 4 nitrogen and oxygen atoms in total. The monoisotopic (exact) mass is 191 g/mol. The molecule has 0 aromatic carbocycles. The lowest BCUT2D eigenvalue weighted by atomic mass is 10.00. The van der Waals surface area contributed by atoms with Crippen molar-refractivity contribution in [3.8, 4) is 6.07 Å². The van der Waals surface area contributed by atoms with Gasteiger partial charge >= 0.3 is 0 Å². The van der Waals surface area contributed by atoms with Gasteiger partial charge < -0.3 is 4.84 Å². The van der Waals surface area contributed by atoms with E-state index in [-0.39, 0.29) is 0 Å². The third kappa shape index (κ3) is 1.64. The molecule has 74 valence electrons. The Morgan fingerprint density at radius 2 is 2.64 bits per heavy atom. The Bertz CT molecular complexity index is 327. The molecule has 4 heteroatoms. The summed E-state index contributed by atoms with van der Waals surface area (Å²) in [7, 11) is 1.47. The molecule has 0 spiro atoms. The van der Waals surface area contributed by atoms with Crippen molar-refractivity contribution in [1.82, 2.24) is 4.90 Å². The molecular formula is C10H13N3O. The van der Waals surface area contributed by atoms with E-state index in [0.717, 1.165) is 25.2 Å². The highest BCUT2D eigenvalue weighted by molar-refractivity contribution is 6.11. The molecule has 2 aliphatic heterocycles. The molecule has 2 atom stereocenters. The lowest BCUT2D eigenvalue weighted by molar-refractivity contribution is 0.213. The van der Waals surface area contributed by atoms with E-state index < -0.39 is 0 Å². The lowest BCUT2D eigenvalue weighted by Gasteiger charge is -2.21. The summed E-state index contributed by atoms with van der Waals surface area (Å²) in [5, 5.41) is 12.6. The van der Waals surface area contributed by atoms with E-state index in [1.165, 1.54) is 13.5 Å². The number of nitriles is 1. The van der Waals surface area contributed by atoms with Gasteiger partial charge in [-0.15, -0.1) is 0 Å². The van der Waals surface area contributed by atoms with E-state index in [9.17, 15) is 0 Å². The van der Waals surface area contributed by atoms with Gasteiger partial charge in [-0.2, -0.15) is 5.26 Å². The minimum atomic E-state index is 0.420. The van der Waals surface area contributed by atoms with Crippen LogP contribution in [0.15, 0.2) is 16.8 Å². The van der Waals surface area contributed by atoms with E-state index in [0.29, 0.717) is 11.6 Å². The molecule has 0 radical (unpaired) electrons. The van der Waals surface area contributed by atoms with Crippen LogP contribution in [0.1, 0.15) is 6.42 Å². The summed E-state index contributed by atoms with van der Waals surface area (Å²) in [5.41, 5.74) is 1.44. The van der Waals surface area contributed by atoms with Crippen molar-refractivity contribution in [3.05, 3.63) is 11.6 Å². The van der Waals surface area contributed by atoms with Crippen LogP contribution in [0, 0.1) is 17.2 Å². The van der Waals surface area contributed by atoms with Gasteiger partial charge in [0.05, 0.1) is 0 Å². The molecule has 2 aliphatic rings. The first kappa shape index (κ1) is 9.22. The van der Waals surface area contributed by atoms with Crippen molar-refractivity contribution in [2.24, 2.45) is 11.1 Å². The topological polar surface area (TPSA) is 48.6 Å². The molecule has 0 N–H and O–H groups in total. The first-order valence-electron chi connectivity index (χ1n) is 4.78. The van der Waals surface area contributed by atoms with Crippen molar-refractivity contribution < 1.29 is 4.84 Å². The smallest absolute Gasteiger partial charge is 0.183 e. The average Bonchev–Trinajstić information content (AvgIpc) is 2.54. The van der Waals surface area contributed by atoms with Crippen LogP contribution in [0.3, 0.4) is 0 Å². The molecule has 0 amide bonds. The third-order valence-electron chi connectivity index (χ3n) is 2.73. The van der Waals surface area contributed by atoms with E-state index in [2.05, 4.69) is 27.0 Å². The van der Waals surface area contributed by atoms with Crippen molar-refractivity contribution in [2.45, 2.75) is 6.42 Å². The number of hydrogen-bond acceptors (Lipinski definition) is 4. The van der Waals surface area contributed by atoms with Gasteiger partial charge in [-0.3, -0.25) is 4.90 Å². The quantitative estimate of drug-likeness (QED) is 0.478. The molecule has 2 rings (SSSR count).